The number of hydrogen-bond acceptors (Lipinski definition) is 4. The molecule has 0 spiro atoms. The number of aromatic nitrogens is 2. The van der Waals surface area contributed by atoms with Gasteiger partial charge in [-0.2, -0.15) is 4.98 Å². The van der Waals surface area contributed by atoms with E-state index in [-0.39, 0.29) is 5.54 Å². The van der Waals surface area contributed by atoms with Gasteiger partial charge in [0.2, 0.25) is 5.88 Å². The van der Waals surface area contributed by atoms with Crippen LogP contribution in [0.5, 0.6) is 5.88 Å². The highest BCUT2D eigenvalue weighted by molar-refractivity contribution is 5.24. The van der Waals surface area contributed by atoms with E-state index < -0.39 is 0 Å². The maximum Gasteiger partial charge on any atom is 0.221 e. The van der Waals surface area contributed by atoms with Crippen molar-refractivity contribution in [2.24, 2.45) is 0 Å². The van der Waals surface area contributed by atoms with Gasteiger partial charge in [-0.1, -0.05) is 12.7 Å². The van der Waals surface area contributed by atoms with Gasteiger partial charge in [0.25, 0.3) is 0 Å². The largest absolute Gasteiger partial charge is 0.473 e. The third-order valence-corrected chi connectivity index (χ3v) is 2.09. The first kappa shape index (κ1) is 13.6. The minimum absolute atomic E-state index is 0.0561. The van der Waals surface area contributed by atoms with Crippen LogP contribution >= 0.6 is 0 Å². The molecule has 1 N–H and O–H groups in total. The van der Waals surface area contributed by atoms with Crippen molar-refractivity contribution in [2.75, 3.05) is 6.61 Å². The zero-order valence-electron chi connectivity index (χ0n) is 11.1. The Hall–Kier alpha value is -1.42. The summed E-state index contributed by atoms with van der Waals surface area (Å²) in [7, 11) is 0. The van der Waals surface area contributed by atoms with Crippen LogP contribution in [0, 0.1) is 6.92 Å². The average Bonchev–Trinajstić information content (AvgIpc) is 2.23. The van der Waals surface area contributed by atoms with Gasteiger partial charge in [-0.3, -0.25) is 0 Å². The van der Waals surface area contributed by atoms with Crippen LogP contribution in [0.1, 0.15) is 32.2 Å². The maximum atomic E-state index is 5.52. The summed E-state index contributed by atoms with van der Waals surface area (Å²) in [4.78, 5) is 8.48. The standard InChI is InChI=1S/C13H21N3O/c1-6-7-17-12-11(8-14-10(2)16-12)9-15-13(3,4)5/h6,8,15H,1,7,9H2,2-5H3. The predicted molar refractivity (Wildman–Crippen MR) is 69.1 cm³/mol. The van der Waals surface area contributed by atoms with Crippen LogP contribution in [-0.2, 0) is 6.54 Å². The molecule has 1 aromatic heterocycles. The van der Waals surface area contributed by atoms with Crippen LogP contribution in [0.25, 0.3) is 0 Å². The first-order chi connectivity index (χ1) is 7.92. The van der Waals surface area contributed by atoms with Gasteiger partial charge < -0.3 is 10.1 Å². The van der Waals surface area contributed by atoms with Crippen LogP contribution in [0.3, 0.4) is 0 Å². The minimum atomic E-state index is 0.0561. The monoisotopic (exact) mass is 235 g/mol. The Balaban J connectivity index is 2.78. The summed E-state index contributed by atoms with van der Waals surface area (Å²) in [6.45, 7) is 13.0. The van der Waals surface area contributed by atoms with Gasteiger partial charge in [-0.05, 0) is 27.7 Å². The van der Waals surface area contributed by atoms with E-state index >= 15 is 0 Å². The van der Waals surface area contributed by atoms with Gasteiger partial charge in [0.1, 0.15) is 12.4 Å². The molecule has 0 radical (unpaired) electrons. The highest BCUT2D eigenvalue weighted by Crippen LogP contribution is 2.15. The summed E-state index contributed by atoms with van der Waals surface area (Å²) < 4.78 is 5.52. The van der Waals surface area contributed by atoms with Crippen molar-refractivity contribution in [1.82, 2.24) is 15.3 Å². The molecule has 0 aromatic carbocycles. The van der Waals surface area contributed by atoms with Crippen molar-refractivity contribution >= 4 is 0 Å². The summed E-state index contributed by atoms with van der Waals surface area (Å²) in [5.74, 6) is 1.35. The Morgan fingerprint density at radius 2 is 2.18 bits per heavy atom. The number of nitrogens with zero attached hydrogens (tertiary/aromatic N) is 2. The molecule has 0 amide bonds. The number of rotatable bonds is 5. The first-order valence-electron chi connectivity index (χ1n) is 5.73. The minimum Gasteiger partial charge on any atom is -0.473 e. The van der Waals surface area contributed by atoms with Crippen LogP contribution in [-0.4, -0.2) is 22.1 Å². The van der Waals surface area contributed by atoms with Crippen LogP contribution in [0.4, 0.5) is 0 Å². The van der Waals surface area contributed by atoms with Crippen molar-refractivity contribution < 1.29 is 4.74 Å². The van der Waals surface area contributed by atoms with E-state index in [0.717, 1.165) is 5.56 Å². The average molecular weight is 235 g/mol. The first-order valence-corrected chi connectivity index (χ1v) is 5.73. The lowest BCUT2D eigenvalue weighted by Gasteiger charge is -2.21. The Bertz CT molecular complexity index is 383. The molecule has 0 aliphatic heterocycles. The highest BCUT2D eigenvalue weighted by Gasteiger charge is 2.12. The summed E-state index contributed by atoms with van der Waals surface area (Å²) in [5, 5.41) is 3.39. The lowest BCUT2D eigenvalue weighted by Crippen LogP contribution is -2.35. The van der Waals surface area contributed by atoms with Crippen molar-refractivity contribution in [3.8, 4) is 5.88 Å². The Morgan fingerprint density at radius 3 is 2.76 bits per heavy atom. The number of aryl methyl sites for hydroxylation is 1. The number of hydrogen-bond donors (Lipinski definition) is 1. The second-order valence-electron chi connectivity index (χ2n) is 4.95. The molecular formula is C13H21N3O. The Kier molecular flexibility index (Phi) is 4.63. The van der Waals surface area contributed by atoms with E-state index in [1.54, 1.807) is 12.3 Å². The zero-order chi connectivity index (χ0) is 12.9. The number of ether oxygens (including phenoxy) is 1. The molecule has 1 aromatic rings. The topological polar surface area (TPSA) is 47.0 Å². The molecule has 0 atom stereocenters. The summed E-state index contributed by atoms with van der Waals surface area (Å²) in [6.07, 6.45) is 3.51. The summed E-state index contributed by atoms with van der Waals surface area (Å²) >= 11 is 0. The molecular weight excluding hydrogens is 214 g/mol. The van der Waals surface area contributed by atoms with Gasteiger partial charge in [0.15, 0.2) is 0 Å². The maximum absolute atomic E-state index is 5.52. The fourth-order valence-corrected chi connectivity index (χ4v) is 1.22. The van der Waals surface area contributed by atoms with Crippen LogP contribution in [0.2, 0.25) is 0 Å². The van der Waals surface area contributed by atoms with E-state index in [1.165, 1.54) is 0 Å². The van der Waals surface area contributed by atoms with Crippen LogP contribution < -0.4 is 10.1 Å². The molecule has 0 fully saturated rings. The summed E-state index contributed by atoms with van der Waals surface area (Å²) in [5.41, 5.74) is 1.02. The smallest absolute Gasteiger partial charge is 0.221 e. The molecule has 1 heterocycles. The van der Waals surface area contributed by atoms with Gasteiger partial charge in [0.05, 0.1) is 0 Å². The Labute approximate surface area is 103 Å². The molecule has 0 saturated heterocycles. The lowest BCUT2D eigenvalue weighted by atomic mass is 10.1. The van der Waals surface area contributed by atoms with E-state index in [0.29, 0.717) is 24.9 Å². The SMILES string of the molecule is C=CCOc1nc(C)ncc1CNC(C)(C)C. The molecule has 17 heavy (non-hydrogen) atoms. The molecule has 0 aliphatic rings. The van der Waals surface area contributed by atoms with Gasteiger partial charge in [0, 0.05) is 23.8 Å². The predicted octanol–water partition coefficient (Wildman–Crippen LogP) is 2.24. The third-order valence-electron chi connectivity index (χ3n) is 2.09. The van der Waals surface area contributed by atoms with Gasteiger partial charge in [-0.25, -0.2) is 4.98 Å². The molecule has 1 rings (SSSR count). The second-order valence-corrected chi connectivity index (χ2v) is 4.95. The molecule has 0 bridgehead atoms. The molecule has 4 heteroatoms. The molecule has 4 nitrogen and oxygen atoms in total. The van der Waals surface area contributed by atoms with Crippen molar-refractivity contribution in [3.05, 3.63) is 30.2 Å². The normalized spacial score (nSPS) is 11.3. The Morgan fingerprint density at radius 1 is 1.47 bits per heavy atom. The van der Waals surface area contributed by atoms with E-state index in [1.807, 2.05) is 6.92 Å². The molecule has 0 unspecified atom stereocenters. The quantitative estimate of drug-likeness (QED) is 0.795. The van der Waals surface area contributed by atoms with Crippen LogP contribution in [0.15, 0.2) is 18.9 Å². The highest BCUT2D eigenvalue weighted by atomic mass is 16.5. The third kappa shape index (κ3) is 4.95. The van der Waals surface area contributed by atoms with Crippen molar-refractivity contribution in [1.29, 1.82) is 0 Å². The van der Waals surface area contributed by atoms with E-state index in [2.05, 4.69) is 42.6 Å². The van der Waals surface area contributed by atoms with E-state index in [9.17, 15) is 0 Å². The van der Waals surface area contributed by atoms with E-state index in [4.69, 9.17) is 4.74 Å². The lowest BCUT2D eigenvalue weighted by molar-refractivity contribution is 0.336. The summed E-state index contributed by atoms with van der Waals surface area (Å²) in [6, 6.07) is 0. The van der Waals surface area contributed by atoms with Crippen molar-refractivity contribution in [2.45, 2.75) is 39.8 Å². The fourth-order valence-electron chi connectivity index (χ4n) is 1.22. The molecule has 0 aliphatic carbocycles. The fraction of sp³-hybridized carbons (Fsp3) is 0.538. The number of nitrogens with one attached hydrogen (secondary N) is 1. The van der Waals surface area contributed by atoms with Gasteiger partial charge in [-0.15, -0.1) is 0 Å². The molecule has 94 valence electrons. The zero-order valence-corrected chi connectivity index (χ0v) is 11.1. The van der Waals surface area contributed by atoms with Crippen molar-refractivity contribution in [3.63, 3.8) is 0 Å². The van der Waals surface area contributed by atoms with Gasteiger partial charge >= 0.3 is 0 Å². The molecule has 0 saturated carbocycles. The second kappa shape index (κ2) is 5.77.